The van der Waals surface area contributed by atoms with Crippen molar-refractivity contribution in [3.8, 4) is 0 Å². The van der Waals surface area contributed by atoms with Gasteiger partial charge in [-0.2, -0.15) is 0 Å². The van der Waals surface area contributed by atoms with Crippen molar-refractivity contribution in [2.24, 2.45) is 0 Å². The van der Waals surface area contributed by atoms with Gasteiger partial charge in [-0.1, -0.05) is 11.6 Å². The molecule has 1 aromatic heterocycles. The zero-order valence-corrected chi connectivity index (χ0v) is 9.83. The molecule has 1 aromatic rings. The number of hydrogen-bond acceptors (Lipinski definition) is 3. The maximum absolute atomic E-state index is 11.4. The van der Waals surface area contributed by atoms with Crippen LogP contribution in [0.4, 0.5) is 0 Å². The summed E-state index contributed by atoms with van der Waals surface area (Å²) in [5.74, 6) is 0.115. The Morgan fingerprint density at radius 3 is 3.20 bits per heavy atom. The van der Waals surface area contributed by atoms with Crippen molar-refractivity contribution in [1.82, 2.24) is 10.6 Å². The van der Waals surface area contributed by atoms with Gasteiger partial charge in [0.15, 0.2) is 0 Å². The number of carbonyl (C=O) groups excluding carboxylic acids is 1. The summed E-state index contributed by atoms with van der Waals surface area (Å²) in [5.41, 5.74) is 0. The largest absolute Gasteiger partial charge is 0.355 e. The van der Waals surface area contributed by atoms with E-state index < -0.39 is 0 Å². The molecule has 3 nitrogen and oxygen atoms in total. The molecular weight excluding hydrogens is 232 g/mol. The number of carbonyl (C=O) groups is 1. The topological polar surface area (TPSA) is 41.1 Å². The molecule has 1 aliphatic heterocycles. The Kier molecular flexibility index (Phi) is 3.61. The summed E-state index contributed by atoms with van der Waals surface area (Å²) >= 11 is 7.43. The maximum atomic E-state index is 11.4. The van der Waals surface area contributed by atoms with Crippen LogP contribution in [0.1, 0.15) is 17.7 Å². The summed E-state index contributed by atoms with van der Waals surface area (Å²) in [7, 11) is 0. The molecule has 0 aromatic carbocycles. The third-order valence-electron chi connectivity index (χ3n) is 2.43. The molecule has 1 fully saturated rings. The number of rotatable bonds is 3. The smallest absolute Gasteiger partial charge is 0.237 e. The fraction of sp³-hybridized carbons (Fsp3) is 0.500. The van der Waals surface area contributed by atoms with E-state index in [9.17, 15) is 4.79 Å². The van der Waals surface area contributed by atoms with Gasteiger partial charge >= 0.3 is 0 Å². The van der Waals surface area contributed by atoms with E-state index in [4.69, 9.17) is 11.6 Å². The van der Waals surface area contributed by atoms with Gasteiger partial charge in [0.1, 0.15) is 0 Å². The minimum atomic E-state index is -0.0420. The summed E-state index contributed by atoms with van der Waals surface area (Å²) in [6.45, 7) is 1.53. The van der Waals surface area contributed by atoms with E-state index in [0.717, 1.165) is 31.0 Å². The van der Waals surface area contributed by atoms with Crippen LogP contribution in [0.2, 0.25) is 5.02 Å². The molecule has 1 saturated heterocycles. The van der Waals surface area contributed by atoms with Gasteiger partial charge in [-0.05, 0) is 18.9 Å². The maximum Gasteiger partial charge on any atom is 0.237 e. The lowest BCUT2D eigenvalue weighted by molar-refractivity contribution is -0.124. The lowest BCUT2D eigenvalue weighted by atomic mass is 10.1. The molecule has 1 atom stereocenters. The van der Waals surface area contributed by atoms with Crippen LogP contribution in [0.3, 0.4) is 0 Å². The summed E-state index contributed by atoms with van der Waals surface area (Å²) in [5, 5.41) is 8.76. The standard InChI is InChI=1S/C10H13ClN2OS/c11-7-4-8(15-6-7)5-13-9-2-1-3-12-10(9)14/h4,6,9,13H,1-3,5H2,(H,12,14). The Balaban J connectivity index is 1.84. The highest BCUT2D eigenvalue weighted by Gasteiger charge is 2.20. The predicted octanol–water partition coefficient (Wildman–Crippen LogP) is 1.77. The Bertz CT molecular complexity index is 353. The molecule has 1 aliphatic rings. The van der Waals surface area contributed by atoms with Gasteiger partial charge in [0, 0.05) is 23.3 Å². The molecule has 2 N–H and O–H groups in total. The fourth-order valence-electron chi connectivity index (χ4n) is 1.64. The zero-order chi connectivity index (χ0) is 10.7. The average Bonchev–Trinajstić information content (AvgIpc) is 2.63. The number of nitrogens with one attached hydrogen (secondary N) is 2. The number of hydrogen-bond donors (Lipinski definition) is 2. The second-order valence-electron chi connectivity index (χ2n) is 3.60. The monoisotopic (exact) mass is 244 g/mol. The highest BCUT2D eigenvalue weighted by molar-refractivity contribution is 7.10. The predicted molar refractivity (Wildman–Crippen MR) is 62.2 cm³/mol. The molecular formula is C10H13ClN2OS. The van der Waals surface area contributed by atoms with Crippen molar-refractivity contribution >= 4 is 28.8 Å². The second-order valence-corrected chi connectivity index (χ2v) is 5.03. The van der Waals surface area contributed by atoms with Crippen LogP contribution < -0.4 is 10.6 Å². The molecule has 0 saturated carbocycles. The van der Waals surface area contributed by atoms with Gasteiger partial charge < -0.3 is 10.6 Å². The molecule has 1 amide bonds. The quantitative estimate of drug-likeness (QED) is 0.851. The van der Waals surface area contributed by atoms with E-state index in [0.29, 0.717) is 0 Å². The molecule has 15 heavy (non-hydrogen) atoms. The van der Waals surface area contributed by atoms with Crippen LogP contribution in [0.5, 0.6) is 0 Å². The Hall–Kier alpha value is -0.580. The zero-order valence-electron chi connectivity index (χ0n) is 8.25. The van der Waals surface area contributed by atoms with E-state index in [-0.39, 0.29) is 11.9 Å². The first kappa shape index (κ1) is 10.9. The van der Waals surface area contributed by atoms with E-state index in [1.807, 2.05) is 11.4 Å². The van der Waals surface area contributed by atoms with Crippen molar-refractivity contribution in [2.75, 3.05) is 6.54 Å². The van der Waals surface area contributed by atoms with Gasteiger partial charge in [0.2, 0.25) is 5.91 Å². The average molecular weight is 245 g/mol. The van der Waals surface area contributed by atoms with Crippen LogP contribution in [-0.4, -0.2) is 18.5 Å². The number of amides is 1. The second kappa shape index (κ2) is 4.96. The van der Waals surface area contributed by atoms with Crippen LogP contribution in [0.15, 0.2) is 11.4 Å². The van der Waals surface area contributed by atoms with Crippen LogP contribution in [0.25, 0.3) is 0 Å². The molecule has 0 aliphatic carbocycles. The normalized spacial score (nSPS) is 21.4. The molecule has 2 heterocycles. The molecule has 1 unspecified atom stereocenters. The first-order valence-electron chi connectivity index (χ1n) is 5.00. The molecule has 0 radical (unpaired) electrons. The SMILES string of the molecule is O=C1NCCCC1NCc1cc(Cl)cs1. The van der Waals surface area contributed by atoms with Gasteiger partial charge in [0.25, 0.3) is 0 Å². The van der Waals surface area contributed by atoms with E-state index >= 15 is 0 Å². The van der Waals surface area contributed by atoms with E-state index in [2.05, 4.69) is 10.6 Å². The van der Waals surface area contributed by atoms with Gasteiger partial charge in [-0.25, -0.2) is 0 Å². The summed E-state index contributed by atoms with van der Waals surface area (Å²) in [6.07, 6.45) is 1.97. The summed E-state index contributed by atoms with van der Waals surface area (Å²) < 4.78 is 0. The number of thiophene rings is 1. The van der Waals surface area contributed by atoms with Crippen molar-refractivity contribution in [3.05, 3.63) is 21.3 Å². The Morgan fingerprint density at radius 1 is 1.67 bits per heavy atom. The van der Waals surface area contributed by atoms with Gasteiger partial charge in [-0.15, -0.1) is 11.3 Å². The van der Waals surface area contributed by atoms with Crippen molar-refractivity contribution in [3.63, 3.8) is 0 Å². The van der Waals surface area contributed by atoms with Crippen molar-refractivity contribution in [1.29, 1.82) is 0 Å². The first-order chi connectivity index (χ1) is 7.25. The molecule has 5 heteroatoms. The third-order valence-corrected chi connectivity index (χ3v) is 3.71. The lowest BCUT2D eigenvalue weighted by Gasteiger charge is -2.22. The minimum absolute atomic E-state index is 0.0420. The Labute approximate surface area is 97.8 Å². The molecule has 2 rings (SSSR count). The highest BCUT2D eigenvalue weighted by atomic mass is 35.5. The van der Waals surface area contributed by atoms with E-state index in [1.54, 1.807) is 11.3 Å². The van der Waals surface area contributed by atoms with Gasteiger partial charge in [-0.3, -0.25) is 4.79 Å². The first-order valence-corrected chi connectivity index (χ1v) is 6.25. The summed E-state index contributed by atoms with van der Waals surface area (Å²) in [4.78, 5) is 12.6. The molecule has 0 bridgehead atoms. The fourth-order valence-corrected chi connectivity index (χ4v) is 2.66. The molecule has 0 spiro atoms. The van der Waals surface area contributed by atoms with Crippen molar-refractivity contribution < 1.29 is 4.79 Å². The number of piperidine rings is 1. The van der Waals surface area contributed by atoms with E-state index in [1.165, 1.54) is 4.88 Å². The molecule has 82 valence electrons. The van der Waals surface area contributed by atoms with Crippen LogP contribution >= 0.6 is 22.9 Å². The van der Waals surface area contributed by atoms with Crippen LogP contribution in [0, 0.1) is 0 Å². The Morgan fingerprint density at radius 2 is 2.53 bits per heavy atom. The van der Waals surface area contributed by atoms with Crippen LogP contribution in [-0.2, 0) is 11.3 Å². The lowest BCUT2D eigenvalue weighted by Crippen LogP contribution is -2.47. The van der Waals surface area contributed by atoms with Crippen molar-refractivity contribution in [2.45, 2.75) is 25.4 Å². The number of halogens is 1. The van der Waals surface area contributed by atoms with Gasteiger partial charge in [0.05, 0.1) is 11.1 Å². The summed E-state index contributed by atoms with van der Waals surface area (Å²) in [6, 6.07) is 1.89. The highest BCUT2D eigenvalue weighted by Crippen LogP contribution is 2.19. The third kappa shape index (κ3) is 2.93. The minimum Gasteiger partial charge on any atom is -0.355 e.